The Morgan fingerprint density at radius 1 is 0.583 bits per heavy atom. The maximum atomic E-state index is 8.92. The van der Waals surface area contributed by atoms with Crippen LogP contribution in [0.2, 0.25) is 0 Å². The highest BCUT2D eigenvalue weighted by Gasteiger charge is 1.37. The molecule has 0 radical (unpaired) electrons. The lowest BCUT2D eigenvalue weighted by molar-refractivity contribution is -0.413. The maximum Gasteiger partial charge on any atom is -0.0776 e. The molecule has 0 aromatic carbocycles. The van der Waals surface area contributed by atoms with Crippen LogP contribution in [0.5, 0.6) is 0 Å². The predicted molar refractivity (Wildman–Crippen MR) is 42.0 cm³/mol. The molecular weight excluding hydrogens is 246 g/mol. The van der Waals surface area contributed by atoms with Gasteiger partial charge in [-0.25, -0.2) is 0 Å². The fourth-order valence-electron chi connectivity index (χ4n) is 0. The van der Waals surface area contributed by atoms with Gasteiger partial charge in [-0.3, -0.25) is 0 Å². The Morgan fingerprint density at radius 3 is 0.583 bits per heavy atom. The van der Waals surface area contributed by atoms with Crippen molar-refractivity contribution in [3.8, 4) is 0 Å². The van der Waals surface area contributed by atoms with E-state index in [1.165, 1.54) is 0 Å². The van der Waals surface area contributed by atoms with Crippen LogP contribution < -0.4 is 29.4 Å². The van der Waals surface area contributed by atoms with Crippen LogP contribution in [0.4, 0.5) is 0 Å². The molecule has 0 saturated heterocycles. The highest BCUT2D eigenvalue weighted by molar-refractivity contribution is 8.04. The minimum absolute atomic E-state index is 0. The van der Waals surface area contributed by atoms with Crippen LogP contribution in [0.3, 0.4) is 0 Å². The van der Waals surface area contributed by atoms with Gasteiger partial charge in [0, 0.05) is 0 Å². The Kier molecular flexibility index (Phi) is 16.7. The standard InChI is InChI=1S/2CH4.2H3O3PS/c;;2*1-4(2,3)5/h2*1H4;2*(H3,1,2,3,5)/p-6. The molecule has 0 spiro atoms. The molecular formula is C2H8O6P2S2-6. The number of hydrogen-bond acceptors (Lipinski definition) is 8. The molecule has 0 fully saturated rings. The van der Waals surface area contributed by atoms with Gasteiger partial charge in [-0.2, -0.15) is 23.6 Å². The lowest BCUT2D eigenvalue weighted by Gasteiger charge is -2.43. The van der Waals surface area contributed by atoms with Crippen LogP contribution in [0.15, 0.2) is 0 Å². The number of hydrogen-bond donors (Lipinski definition) is 0. The van der Waals surface area contributed by atoms with E-state index < -0.39 is 13.4 Å². The van der Waals surface area contributed by atoms with E-state index in [-0.39, 0.29) is 14.9 Å². The summed E-state index contributed by atoms with van der Waals surface area (Å²) in [6, 6.07) is 0. The highest BCUT2D eigenvalue weighted by Crippen LogP contribution is 2.04. The Labute approximate surface area is 81.6 Å². The molecule has 0 bridgehead atoms. The van der Waals surface area contributed by atoms with Gasteiger partial charge >= 0.3 is 0 Å². The fourth-order valence-corrected chi connectivity index (χ4v) is 0. The summed E-state index contributed by atoms with van der Waals surface area (Å²) in [5, 5.41) is 0. The van der Waals surface area contributed by atoms with Crippen LogP contribution in [-0.2, 0) is 23.6 Å². The Morgan fingerprint density at radius 2 is 0.583 bits per heavy atom. The molecule has 12 heavy (non-hydrogen) atoms. The minimum Gasteiger partial charge on any atom is -0.844 e. The summed E-state index contributed by atoms with van der Waals surface area (Å²) in [6.45, 7) is -9.11. The SMILES string of the molecule is C.C.[O-]P([O-])([O-])=S.[O-]P([O-])([O-])=S. The van der Waals surface area contributed by atoms with Crippen molar-refractivity contribution in [2.24, 2.45) is 0 Å². The van der Waals surface area contributed by atoms with Gasteiger partial charge < -0.3 is 42.8 Å². The summed E-state index contributed by atoms with van der Waals surface area (Å²) in [6.07, 6.45) is 0. The van der Waals surface area contributed by atoms with Gasteiger partial charge in [-0.05, 0) is 0 Å². The zero-order valence-corrected chi connectivity index (χ0v) is 7.58. The van der Waals surface area contributed by atoms with E-state index in [2.05, 4.69) is 23.6 Å². The molecule has 0 rings (SSSR count). The summed E-state index contributed by atoms with van der Waals surface area (Å²) >= 11 is 6.54. The Hall–Kier alpha value is 1.06. The molecule has 80 valence electrons. The molecule has 6 nitrogen and oxygen atoms in total. The van der Waals surface area contributed by atoms with Crippen molar-refractivity contribution < 1.29 is 29.4 Å². The summed E-state index contributed by atoms with van der Waals surface area (Å²) in [7, 11) is 0. The van der Waals surface area contributed by atoms with Crippen molar-refractivity contribution in [2.75, 3.05) is 0 Å². The second-order valence-corrected chi connectivity index (χ2v) is 5.37. The quantitative estimate of drug-likeness (QED) is 0.397. The third-order valence-electron chi connectivity index (χ3n) is 0. The fraction of sp³-hybridized carbons (Fsp3) is 1.00. The first kappa shape index (κ1) is 23.1. The van der Waals surface area contributed by atoms with Gasteiger partial charge in [-0.1, -0.05) is 14.9 Å². The molecule has 0 aliphatic heterocycles. The first-order valence-electron chi connectivity index (χ1n) is 1.46. The van der Waals surface area contributed by atoms with Crippen molar-refractivity contribution in [3.05, 3.63) is 0 Å². The molecule has 0 aliphatic rings. The summed E-state index contributed by atoms with van der Waals surface area (Å²) in [5.74, 6) is 0. The number of rotatable bonds is 0. The summed E-state index contributed by atoms with van der Waals surface area (Å²) in [5.41, 5.74) is 0. The predicted octanol–water partition coefficient (Wildman–Crippen LogP) is -4.14. The van der Waals surface area contributed by atoms with E-state index >= 15 is 0 Å². The average molecular weight is 254 g/mol. The maximum absolute atomic E-state index is 8.92. The van der Waals surface area contributed by atoms with Crippen molar-refractivity contribution in [1.82, 2.24) is 0 Å². The summed E-state index contributed by atoms with van der Waals surface area (Å²) in [4.78, 5) is 53.5. The Balaban J connectivity index is -0.0000000457. The van der Waals surface area contributed by atoms with E-state index in [0.717, 1.165) is 0 Å². The molecule has 0 amide bonds. The topological polar surface area (TPSA) is 138 Å². The van der Waals surface area contributed by atoms with Crippen molar-refractivity contribution >= 4 is 37.1 Å². The minimum atomic E-state index is -4.56. The zero-order chi connectivity index (χ0) is 9.00. The van der Waals surface area contributed by atoms with Crippen LogP contribution >= 0.6 is 13.4 Å². The third kappa shape index (κ3) is 996. The van der Waals surface area contributed by atoms with Crippen molar-refractivity contribution in [1.29, 1.82) is 0 Å². The van der Waals surface area contributed by atoms with Gasteiger partial charge in [-0.15, -0.1) is 0 Å². The van der Waals surface area contributed by atoms with E-state index in [0.29, 0.717) is 0 Å². The molecule has 0 saturated carbocycles. The van der Waals surface area contributed by atoms with Crippen molar-refractivity contribution in [3.63, 3.8) is 0 Å². The monoisotopic (exact) mass is 254 g/mol. The third-order valence-corrected chi connectivity index (χ3v) is 0. The van der Waals surface area contributed by atoms with Gasteiger partial charge in [0.15, 0.2) is 0 Å². The van der Waals surface area contributed by atoms with E-state index in [4.69, 9.17) is 29.4 Å². The Bertz CT molecular complexity index is 134. The molecule has 0 heterocycles. The zero-order valence-electron chi connectivity index (χ0n) is 4.16. The van der Waals surface area contributed by atoms with Gasteiger partial charge in [0.1, 0.15) is 0 Å². The average Bonchev–Trinajstić information content (AvgIpc) is 1.12. The highest BCUT2D eigenvalue weighted by atomic mass is 32.5. The van der Waals surface area contributed by atoms with Gasteiger partial charge in [0.2, 0.25) is 0 Å². The van der Waals surface area contributed by atoms with Crippen molar-refractivity contribution in [2.45, 2.75) is 14.9 Å². The van der Waals surface area contributed by atoms with E-state index in [1.807, 2.05) is 0 Å². The molecule has 0 unspecified atom stereocenters. The molecule has 0 aromatic rings. The first-order chi connectivity index (χ1) is 4.00. The normalized spacial score (nSPS) is 9.83. The molecule has 0 N–H and O–H groups in total. The first-order valence-corrected chi connectivity index (χ1v) is 6.57. The van der Waals surface area contributed by atoms with Crippen LogP contribution in [0.25, 0.3) is 0 Å². The van der Waals surface area contributed by atoms with E-state index in [1.54, 1.807) is 0 Å². The smallest absolute Gasteiger partial charge is 0.0776 e. The molecule has 0 aromatic heterocycles. The van der Waals surface area contributed by atoms with E-state index in [9.17, 15) is 0 Å². The van der Waals surface area contributed by atoms with Crippen LogP contribution in [-0.4, -0.2) is 0 Å². The molecule has 10 heteroatoms. The summed E-state index contributed by atoms with van der Waals surface area (Å²) < 4.78 is 0. The van der Waals surface area contributed by atoms with Gasteiger partial charge in [0.25, 0.3) is 0 Å². The second kappa shape index (κ2) is 8.65. The molecule has 0 atom stereocenters. The largest absolute Gasteiger partial charge is 0.844 e. The van der Waals surface area contributed by atoms with Crippen LogP contribution in [0, 0.1) is 0 Å². The molecule has 0 aliphatic carbocycles. The second-order valence-electron chi connectivity index (χ2n) is 0.894. The van der Waals surface area contributed by atoms with Gasteiger partial charge in [0.05, 0.1) is 0 Å². The van der Waals surface area contributed by atoms with Crippen LogP contribution in [0.1, 0.15) is 14.9 Å². The lowest BCUT2D eigenvalue weighted by Crippen LogP contribution is -2.23. The lowest BCUT2D eigenvalue weighted by atomic mass is 12.0.